The van der Waals surface area contributed by atoms with Crippen molar-refractivity contribution in [2.45, 2.75) is 38.4 Å². The molecule has 0 radical (unpaired) electrons. The van der Waals surface area contributed by atoms with E-state index in [0.717, 1.165) is 39.0 Å². The second kappa shape index (κ2) is 6.00. The smallest absolute Gasteiger partial charge is 0.312 e. The Kier molecular flexibility index (Phi) is 4.72. The van der Waals surface area contributed by atoms with E-state index >= 15 is 0 Å². The van der Waals surface area contributed by atoms with E-state index in [9.17, 15) is 9.90 Å². The molecule has 5 nitrogen and oxygen atoms in total. The fourth-order valence-corrected chi connectivity index (χ4v) is 3.50. The molecule has 2 fully saturated rings. The Labute approximate surface area is 121 Å². The van der Waals surface area contributed by atoms with Gasteiger partial charge in [-0.3, -0.25) is 4.79 Å². The predicted octanol–water partition coefficient (Wildman–Crippen LogP) is 0.573. The Morgan fingerprint density at radius 3 is 2.35 bits per heavy atom. The Bertz CT molecular complexity index is 343. The molecule has 20 heavy (non-hydrogen) atoms. The third-order valence-electron chi connectivity index (χ3n) is 4.25. The van der Waals surface area contributed by atoms with Crippen LogP contribution in [0.3, 0.4) is 0 Å². The molecule has 0 bridgehead atoms. The highest BCUT2D eigenvalue weighted by atomic mass is 16.6. The van der Waals surface area contributed by atoms with Crippen LogP contribution in [0.5, 0.6) is 0 Å². The van der Waals surface area contributed by atoms with Crippen LogP contribution in [0.15, 0.2) is 0 Å². The van der Waals surface area contributed by atoms with Crippen LogP contribution in [0.25, 0.3) is 0 Å². The molecule has 5 heteroatoms. The topological polar surface area (TPSA) is 53.0 Å². The van der Waals surface area contributed by atoms with Crippen LogP contribution in [-0.4, -0.2) is 72.9 Å². The monoisotopic (exact) mass is 284 g/mol. The van der Waals surface area contributed by atoms with Crippen molar-refractivity contribution in [2.75, 3.05) is 40.3 Å². The summed E-state index contributed by atoms with van der Waals surface area (Å²) >= 11 is 0. The number of likely N-dealkylation sites (N-methyl/N-ethyl adjacent to an activating group) is 1. The van der Waals surface area contributed by atoms with E-state index < -0.39 is 5.60 Å². The standard InChI is InChI=1S/C15H28N2O3/c1-15(2,20-14(19)12-8-17(4)9-12)6-11-5-13(18)10-16(3)7-11/h11-13,18H,5-10H2,1-4H3. The third-order valence-corrected chi connectivity index (χ3v) is 4.25. The summed E-state index contributed by atoms with van der Waals surface area (Å²) < 4.78 is 5.70. The first-order chi connectivity index (χ1) is 9.25. The fraction of sp³-hybridized carbons (Fsp3) is 0.933. The van der Waals surface area contributed by atoms with Crippen molar-refractivity contribution >= 4 is 5.97 Å². The Morgan fingerprint density at radius 2 is 1.80 bits per heavy atom. The van der Waals surface area contributed by atoms with Gasteiger partial charge >= 0.3 is 5.97 Å². The highest BCUT2D eigenvalue weighted by Crippen LogP contribution is 2.29. The maximum atomic E-state index is 12.0. The molecular weight excluding hydrogens is 256 g/mol. The normalized spacial score (nSPS) is 30.1. The summed E-state index contributed by atoms with van der Waals surface area (Å²) in [6, 6.07) is 0. The zero-order valence-corrected chi connectivity index (χ0v) is 13.1. The van der Waals surface area contributed by atoms with Crippen molar-refractivity contribution < 1.29 is 14.6 Å². The number of esters is 1. The van der Waals surface area contributed by atoms with E-state index in [1.807, 2.05) is 27.9 Å². The molecule has 0 saturated carbocycles. The summed E-state index contributed by atoms with van der Waals surface area (Å²) in [5.41, 5.74) is -0.451. The van der Waals surface area contributed by atoms with Crippen LogP contribution < -0.4 is 0 Å². The lowest BCUT2D eigenvalue weighted by molar-refractivity contribution is -0.169. The van der Waals surface area contributed by atoms with Gasteiger partial charge in [-0.1, -0.05) is 0 Å². The molecule has 0 aliphatic carbocycles. The Hall–Kier alpha value is -0.650. The van der Waals surface area contributed by atoms with Crippen LogP contribution >= 0.6 is 0 Å². The van der Waals surface area contributed by atoms with Gasteiger partial charge in [0.2, 0.25) is 0 Å². The van der Waals surface area contributed by atoms with Crippen LogP contribution in [0.2, 0.25) is 0 Å². The first kappa shape index (κ1) is 15.7. The molecule has 0 aromatic carbocycles. The molecule has 2 heterocycles. The van der Waals surface area contributed by atoms with Crippen LogP contribution in [0.1, 0.15) is 26.7 Å². The molecule has 1 N–H and O–H groups in total. The van der Waals surface area contributed by atoms with Crippen molar-refractivity contribution in [3.63, 3.8) is 0 Å². The summed E-state index contributed by atoms with van der Waals surface area (Å²) in [4.78, 5) is 16.3. The molecule has 2 atom stereocenters. The molecule has 0 amide bonds. The van der Waals surface area contributed by atoms with Crippen molar-refractivity contribution in [1.82, 2.24) is 9.80 Å². The van der Waals surface area contributed by atoms with Crippen LogP contribution in [-0.2, 0) is 9.53 Å². The first-order valence-electron chi connectivity index (χ1n) is 7.53. The lowest BCUT2D eigenvalue weighted by Crippen LogP contribution is -2.50. The van der Waals surface area contributed by atoms with E-state index in [-0.39, 0.29) is 18.0 Å². The van der Waals surface area contributed by atoms with Crippen LogP contribution in [0.4, 0.5) is 0 Å². The minimum Gasteiger partial charge on any atom is -0.459 e. The number of piperidine rings is 1. The Morgan fingerprint density at radius 1 is 1.20 bits per heavy atom. The lowest BCUT2D eigenvalue weighted by atomic mass is 9.86. The quantitative estimate of drug-likeness (QED) is 0.765. The molecule has 2 aliphatic rings. The molecule has 2 aliphatic heterocycles. The Balaban J connectivity index is 1.82. The van der Waals surface area contributed by atoms with Crippen molar-refractivity contribution in [1.29, 1.82) is 0 Å². The molecule has 116 valence electrons. The van der Waals surface area contributed by atoms with Gasteiger partial charge in [-0.25, -0.2) is 0 Å². The number of aliphatic hydroxyl groups excluding tert-OH is 1. The first-order valence-corrected chi connectivity index (χ1v) is 7.53. The third kappa shape index (κ3) is 4.17. The van der Waals surface area contributed by atoms with E-state index in [0.29, 0.717) is 5.92 Å². The second-order valence-electron chi connectivity index (χ2n) is 7.28. The van der Waals surface area contributed by atoms with E-state index in [1.165, 1.54) is 0 Å². The number of carbonyl (C=O) groups is 1. The molecule has 2 unspecified atom stereocenters. The SMILES string of the molecule is CN1CC(O)CC(CC(C)(C)OC(=O)C2CN(C)C2)C1. The van der Waals surface area contributed by atoms with E-state index in [4.69, 9.17) is 4.74 Å². The number of ether oxygens (including phenoxy) is 1. The summed E-state index contributed by atoms with van der Waals surface area (Å²) in [5, 5.41) is 9.84. The van der Waals surface area contributed by atoms with Gasteiger partial charge in [0.05, 0.1) is 12.0 Å². The number of hydrogen-bond donors (Lipinski definition) is 1. The van der Waals surface area contributed by atoms with Crippen LogP contribution in [0, 0.1) is 11.8 Å². The summed E-state index contributed by atoms with van der Waals surface area (Å²) in [5.74, 6) is 0.354. The minimum absolute atomic E-state index is 0.0406. The van der Waals surface area contributed by atoms with Gasteiger partial charge in [-0.05, 0) is 46.7 Å². The molecule has 2 rings (SSSR count). The zero-order valence-electron chi connectivity index (χ0n) is 13.1. The number of likely N-dealkylation sites (tertiary alicyclic amines) is 2. The van der Waals surface area contributed by atoms with E-state index in [2.05, 4.69) is 9.80 Å². The zero-order chi connectivity index (χ0) is 14.9. The highest BCUT2D eigenvalue weighted by Gasteiger charge is 2.36. The molecular formula is C15H28N2O3. The highest BCUT2D eigenvalue weighted by molar-refractivity contribution is 5.74. The average molecular weight is 284 g/mol. The van der Waals surface area contributed by atoms with Gasteiger partial charge in [0.15, 0.2) is 0 Å². The molecule has 0 spiro atoms. The number of rotatable bonds is 4. The number of nitrogens with zero attached hydrogens (tertiary/aromatic N) is 2. The minimum atomic E-state index is -0.451. The fourth-order valence-electron chi connectivity index (χ4n) is 3.50. The van der Waals surface area contributed by atoms with Gasteiger partial charge in [-0.2, -0.15) is 0 Å². The van der Waals surface area contributed by atoms with Gasteiger partial charge in [0.1, 0.15) is 5.60 Å². The molecule has 0 aromatic heterocycles. The predicted molar refractivity (Wildman–Crippen MR) is 77.4 cm³/mol. The maximum absolute atomic E-state index is 12.0. The maximum Gasteiger partial charge on any atom is 0.312 e. The van der Waals surface area contributed by atoms with Crippen molar-refractivity contribution in [3.05, 3.63) is 0 Å². The van der Waals surface area contributed by atoms with E-state index in [1.54, 1.807) is 0 Å². The lowest BCUT2D eigenvalue weighted by Gasteiger charge is -2.39. The largest absolute Gasteiger partial charge is 0.459 e. The number of carbonyl (C=O) groups excluding carboxylic acids is 1. The average Bonchev–Trinajstić information content (AvgIpc) is 2.21. The van der Waals surface area contributed by atoms with Crippen molar-refractivity contribution in [2.24, 2.45) is 11.8 Å². The summed E-state index contributed by atoms with van der Waals surface area (Å²) in [6.07, 6.45) is 1.35. The van der Waals surface area contributed by atoms with Gasteiger partial charge in [0, 0.05) is 26.2 Å². The van der Waals surface area contributed by atoms with Crippen molar-refractivity contribution in [3.8, 4) is 0 Å². The second-order valence-corrected chi connectivity index (χ2v) is 7.28. The number of β-amino-alcohol motifs (C(OH)–C–C–N with tert-alkyl or cyclic N) is 1. The molecule has 0 aromatic rings. The summed E-state index contributed by atoms with van der Waals surface area (Å²) in [7, 11) is 4.03. The number of aliphatic hydroxyl groups is 1. The summed E-state index contributed by atoms with van der Waals surface area (Å²) in [6.45, 7) is 7.28. The van der Waals surface area contributed by atoms with Gasteiger partial charge < -0.3 is 19.6 Å². The van der Waals surface area contributed by atoms with Gasteiger partial charge in [0.25, 0.3) is 0 Å². The number of hydrogen-bond acceptors (Lipinski definition) is 5. The molecule has 2 saturated heterocycles. The van der Waals surface area contributed by atoms with Gasteiger partial charge in [-0.15, -0.1) is 0 Å².